The molecule has 8 heteroatoms. The average Bonchev–Trinajstić information content (AvgIpc) is 2.51. The maximum absolute atomic E-state index is 12.3. The van der Waals surface area contributed by atoms with E-state index in [0.29, 0.717) is 11.3 Å². The fourth-order valence-electron chi connectivity index (χ4n) is 2.33. The summed E-state index contributed by atoms with van der Waals surface area (Å²) in [5.41, 5.74) is 0.972. The van der Waals surface area contributed by atoms with Gasteiger partial charge in [-0.1, -0.05) is 15.9 Å². The molecule has 0 spiro atoms. The number of rotatable bonds is 5. The van der Waals surface area contributed by atoms with Crippen LogP contribution >= 0.6 is 15.9 Å². The van der Waals surface area contributed by atoms with Crippen LogP contribution in [0, 0.1) is 25.2 Å². The highest BCUT2D eigenvalue weighted by Crippen LogP contribution is 2.14. The minimum Gasteiger partial charge on any atom is -0.310 e. The minimum absolute atomic E-state index is 0.0487. The van der Waals surface area contributed by atoms with Crippen LogP contribution in [-0.4, -0.2) is 19.5 Å². The first-order valence-electron chi connectivity index (χ1n) is 7.12. The van der Waals surface area contributed by atoms with Crippen LogP contribution < -0.4 is 10.3 Å². The quantitative estimate of drug-likeness (QED) is 0.817. The van der Waals surface area contributed by atoms with Gasteiger partial charge in [-0.15, -0.1) is 0 Å². The van der Waals surface area contributed by atoms with E-state index < -0.39 is 15.6 Å². The van der Waals surface area contributed by atoms with E-state index in [2.05, 4.69) is 20.7 Å². The molecule has 2 aromatic rings. The van der Waals surface area contributed by atoms with Crippen LogP contribution in [0.15, 0.2) is 44.5 Å². The first kappa shape index (κ1) is 18.4. The molecular formula is C16H16BrN3O3S. The summed E-state index contributed by atoms with van der Waals surface area (Å²) >= 11 is 3.25. The Labute approximate surface area is 148 Å². The number of aryl methyl sites for hydroxylation is 2. The molecule has 0 saturated carbocycles. The molecule has 1 aromatic carbocycles. The van der Waals surface area contributed by atoms with E-state index in [1.807, 2.05) is 6.07 Å². The number of nitrogens with zero attached hydrogens (tertiary/aromatic N) is 2. The Hall–Kier alpha value is -1.95. The average molecular weight is 410 g/mol. The molecule has 1 aromatic heterocycles. The predicted octanol–water partition coefficient (Wildman–Crippen LogP) is 2.08. The molecule has 1 heterocycles. The highest BCUT2D eigenvalue weighted by Gasteiger charge is 2.14. The van der Waals surface area contributed by atoms with Gasteiger partial charge in [-0.2, -0.15) is 5.26 Å². The van der Waals surface area contributed by atoms with Gasteiger partial charge in [0.05, 0.1) is 4.90 Å². The molecule has 0 atom stereocenters. The zero-order valence-corrected chi connectivity index (χ0v) is 15.6. The molecule has 0 saturated heterocycles. The molecule has 24 heavy (non-hydrogen) atoms. The van der Waals surface area contributed by atoms with Gasteiger partial charge in [0.15, 0.2) is 0 Å². The van der Waals surface area contributed by atoms with Crippen LogP contribution in [0.3, 0.4) is 0 Å². The van der Waals surface area contributed by atoms with Crippen molar-refractivity contribution in [3.05, 3.63) is 62.0 Å². The third-order valence-electron chi connectivity index (χ3n) is 3.57. The molecule has 0 unspecified atom stereocenters. The van der Waals surface area contributed by atoms with Crippen molar-refractivity contribution in [2.45, 2.75) is 25.3 Å². The lowest BCUT2D eigenvalue weighted by molar-refractivity contribution is 0.567. The number of nitriles is 1. The van der Waals surface area contributed by atoms with Crippen LogP contribution in [0.25, 0.3) is 0 Å². The second-order valence-electron chi connectivity index (χ2n) is 5.26. The van der Waals surface area contributed by atoms with Crippen LogP contribution in [0.1, 0.15) is 16.8 Å². The maximum Gasteiger partial charge on any atom is 0.268 e. The number of aromatic nitrogens is 1. The van der Waals surface area contributed by atoms with Gasteiger partial charge in [0, 0.05) is 23.3 Å². The van der Waals surface area contributed by atoms with Crippen molar-refractivity contribution < 1.29 is 8.42 Å². The van der Waals surface area contributed by atoms with Gasteiger partial charge in [-0.25, -0.2) is 13.1 Å². The molecule has 0 aliphatic rings. The van der Waals surface area contributed by atoms with E-state index in [1.165, 1.54) is 16.7 Å². The molecule has 1 N–H and O–H groups in total. The van der Waals surface area contributed by atoms with E-state index in [0.717, 1.165) is 4.47 Å². The second kappa shape index (κ2) is 7.30. The van der Waals surface area contributed by atoms with Crippen LogP contribution in [-0.2, 0) is 16.6 Å². The predicted molar refractivity (Wildman–Crippen MR) is 94.2 cm³/mol. The third kappa shape index (κ3) is 3.93. The summed E-state index contributed by atoms with van der Waals surface area (Å²) in [4.78, 5) is 12.4. The highest BCUT2D eigenvalue weighted by atomic mass is 79.9. The van der Waals surface area contributed by atoms with Crippen molar-refractivity contribution in [3.63, 3.8) is 0 Å². The van der Waals surface area contributed by atoms with Gasteiger partial charge in [0.1, 0.15) is 11.6 Å². The summed E-state index contributed by atoms with van der Waals surface area (Å²) in [6, 6.07) is 9.89. The Morgan fingerprint density at radius 3 is 2.46 bits per heavy atom. The van der Waals surface area contributed by atoms with Crippen molar-refractivity contribution in [1.82, 2.24) is 9.29 Å². The summed E-state index contributed by atoms with van der Waals surface area (Å²) < 4.78 is 29.1. The van der Waals surface area contributed by atoms with E-state index in [1.54, 1.807) is 32.0 Å². The Kier molecular flexibility index (Phi) is 5.59. The molecule has 0 bridgehead atoms. The molecule has 0 aliphatic carbocycles. The third-order valence-corrected chi connectivity index (χ3v) is 5.57. The first-order valence-corrected chi connectivity index (χ1v) is 9.40. The summed E-state index contributed by atoms with van der Waals surface area (Å²) in [7, 11) is -3.65. The van der Waals surface area contributed by atoms with E-state index in [-0.39, 0.29) is 23.5 Å². The lowest BCUT2D eigenvalue weighted by Crippen LogP contribution is -2.33. The normalized spacial score (nSPS) is 11.2. The van der Waals surface area contributed by atoms with E-state index >= 15 is 0 Å². The molecule has 0 amide bonds. The van der Waals surface area contributed by atoms with Gasteiger partial charge in [-0.05, 0) is 49.7 Å². The molecule has 0 fully saturated rings. The highest BCUT2D eigenvalue weighted by molar-refractivity contribution is 9.10. The Morgan fingerprint density at radius 1 is 1.25 bits per heavy atom. The molecule has 0 aliphatic heterocycles. The first-order chi connectivity index (χ1) is 11.3. The van der Waals surface area contributed by atoms with Gasteiger partial charge in [0.2, 0.25) is 10.0 Å². The minimum atomic E-state index is -3.65. The van der Waals surface area contributed by atoms with Crippen LogP contribution in [0.5, 0.6) is 0 Å². The lowest BCUT2D eigenvalue weighted by atomic mass is 10.1. The maximum atomic E-state index is 12.3. The Bertz CT molecular complexity index is 958. The fraction of sp³-hybridized carbons (Fsp3) is 0.250. The fourth-order valence-corrected chi connectivity index (χ4v) is 3.62. The molecule has 6 nitrogen and oxygen atoms in total. The van der Waals surface area contributed by atoms with Gasteiger partial charge >= 0.3 is 0 Å². The summed E-state index contributed by atoms with van der Waals surface area (Å²) in [5.74, 6) is 0. The topological polar surface area (TPSA) is 92.0 Å². The number of pyridine rings is 1. The lowest BCUT2D eigenvalue weighted by Gasteiger charge is -2.13. The number of hydrogen-bond acceptors (Lipinski definition) is 4. The molecule has 126 valence electrons. The number of benzene rings is 1. The second-order valence-corrected chi connectivity index (χ2v) is 7.95. The standard InChI is InChI=1S/C16H16BrN3O3S/c1-11-9-12(2)20(16(21)15(11)10-18)8-7-19-24(22,23)14-5-3-13(17)4-6-14/h3-6,9,19H,7-8H2,1-2H3. The van der Waals surface area contributed by atoms with E-state index in [9.17, 15) is 13.2 Å². The Balaban J connectivity index is 2.17. The zero-order valence-electron chi connectivity index (χ0n) is 13.2. The number of halogens is 1. The summed E-state index contributed by atoms with van der Waals surface area (Å²) in [6.45, 7) is 3.65. The van der Waals surface area contributed by atoms with Gasteiger partial charge in [-0.3, -0.25) is 4.79 Å². The van der Waals surface area contributed by atoms with Crippen molar-refractivity contribution in [2.75, 3.05) is 6.54 Å². The SMILES string of the molecule is Cc1cc(C)n(CCNS(=O)(=O)c2ccc(Br)cc2)c(=O)c1C#N. The van der Waals surface area contributed by atoms with Crippen molar-refractivity contribution >= 4 is 26.0 Å². The number of sulfonamides is 1. The Morgan fingerprint density at radius 2 is 1.88 bits per heavy atom. The van der Waals surface area contributed by atoms with Crippen LogP contribution in [0.2, 0.25) is 0 Å². The molecule has 2 rings (SSSR count). The number of nitrogens with one attached hydrogen (secondary N) is 1. The van der Waals surface area contributed by atoms with Crippen molar-refractivity contribution in [2.24, 2.45) is 0 Å². The summed E-state index contributed by atoms with van der Waals surface area (Å²) in [6.07, 6.45) is 0. The van der Waals surface area contributed by atoms with Crippen molar-refractivity contribution in [1.29, 1.82) is 5.26 Å². The van der Waals surface area contributed by atoms with Gasteiger partial charge < -0.3 is 4.57 Å². The number of hydrogen-bond donors (Lipinski definition) is 1. The van der Waals surface area contributed by atoms with Crippen LogP contribution in [0.4, 0.5) is 0 Å². The van der Waals surface area contributed by atoms with Crippen molar-refractivity contribution in [3.8, 4) is 6.07 Å². The summed E-state index contributed by atoms with van der Waals surface area (Å²) in [5, 5.41) is 9.06. The molecular weight excluding hydrogens is 394 g/mol. The largest absolute Gasteiger partial charge is 0.310 e. The molecule has 0 radical (unpaired) electrons. The monoisotopic (exact) mass is 409 g/mol. The van der Waals surface area contributed by atoms with Gasteiger partial charge in [0.25, 0.3) is 5.56 Å². The smallest absolute Gasteiger partial charge is 0.268 e. The zero-order chi connectivity index (χ0) is 17.9. The van der Waals surface area contributed by atoms with E-state index in [4.69, 9.17) is 5.26 Å².